The number of hydrogen-bond acceptors (Lipinski definition) is 3. The highest BCUT2D eigenvalue weighted by Crippen LogP contribution is 2.43. The second kappa shape index (κ2) is 11.3. The molecule has 0 fully saturated rings. The summed E-state index contributed by atoms with van der Waals surface area (Å²) in [5.74, 6) is 0.537. The van der Waals surface area contributed by atoms with Gasteiger partial charge >= 0.3 is 0 Å². The molecule has 2 aromatic rings. The molecule has 2 N–H and O–H groups in total. The number of phenolic OH excluding ortho intramolecular Hbond substituents is 2. The predicted molar refractivity (Wildman–Crippen MR) is 135 cm³/mol. The molecule has 2 rings (SSSR count). The molecule has 0 aliphatic carbocycles. The molecule has 0 spiro atoms. The van der Waals surface area contributed by atoms with E-state index in [0.29, 0.717) is 0 Å². The van der Waals surface area contributed by atoms with Gasteiger partial charge in [0, 0.05) is 0 Å². The average molecular weight is 443 g/mol. The van der Waals surface area contributed by atoms with Crippen molar-refractivity contribution in [2.75, 3.05) is 0 Å². The fourth-order valence-electron chi connectivity index (χ4n) is 4.07. The molecule has 0 bridgehead atoms. The van der Waals surface area contributed by atoms with Gasteiger partial charge in [-0.2, -0.15) is 0 Å². The average Bonchev–Trinajstić information content (AvgIpc) is 2.71. The summed E-state index contributed by atoms with van der Waals surface area (Å²) in [5, 5.41) is 21.1. The Kier molecular flexibility index (Phi) is 9.36. The maximum atomic E-state index is 10.5. The number of hydrogen-bond donors (Lipinski definition) is 2. The summed E-state index contributed by atoms with van der Waals surface area (Å²) in [6.45, 7) is 13.6. The summed E-state index contributed by atoms with van der Waals surface area (Å²) < 4.78 is 0. The van der Waals surface area contributed by atoms with E-state index in [0.717, 1.165) is 22.6 Å². The van der Waals surface area contributed by atoms with Gasteiger partial charge in [-0.15, -0.1) is 0 Å². The monoisotopic (exact) mass is 442 g/mol. The van der Waals surface area contributed by atoms with E-state index < -0.39 is 0 Å². The van der Waals surface area contributed by atoms with E-state index >= 15 is 0 Å². The van der Waals surface area contributed by atoms with Crippen LogP contribution in [-0.2, 0) is 10.8 Å². The van der Waals surface area contributed by atoms with Crippen molar-refractivity contribution in [3.63, 3.8) is 0 Å². The van der Waals surface area contributed by atoms with E-state index in [1.54, 1.807) is 12.1 Å². The van der Waals surface area contributed by atoms with E-state index in [4.69, 9.17) is 0 Å². The normalized spacial score (nSPS) is 12.3. The number of rotatable bonds is 12. The van der Waals surface area contributed by atoms with Crippen LogP contribution in [0.3, 0.4) is 0 Å². The van der Waals surface area contributed by atoms with Crippen LogP contribution in [0.1, 0.15) is 104 Å². The molecule has 0 aliphatic rings. The topological polar surface area (TPSA) is 40.5 Å². The maximum absolute atomic E-state index is 10.5. The van der Waals surface area contributed by atoms with Crippen LogP contribution >= 0.6 is 11.8 Å². The summed E-state index contributed by atoms with van der Waals surface area (Å²) in [5.41, 5.74) is 2.59. The molecule has 0 unspecified atom stereocenters. The Hall–Kier alpha value is -1.61. The lowest BCUT2D eigenvalue weighted by Gasteiger charge is -2.27. The Bertz CT molecular complexity index is 769. The van der Waals surface area contributed by atoms with E-state index in [1.165, 1.54) is 61.4 Å². The Morgan fingerprint density at radius 2 is 1.03 bits per heavy atom. The first-order valence-electron chi connectivity index (χ1n) is 12.0. The van der Waals surface area contributed by atoms with Crippen molar-refractivity contribution < 1.29 is 10.2 Å². The minimum Gasteiger partial charge on any atom is -0.507 e. The van der Waals surface area contributed by atoms with Gasteiger partial charge in [-0.3, -0.25) is 0 Å². The van der Waals surface area contributed by atoms with Crippen molar-refractivity contribution in [1.29, 1.82) is 0 Å². The predicted octanol–water partition coefficient (Wildman–Crippen LogP) is 8.96. The zero-order valence-electron chi connectivity index (χ0n) is 20.4. The van der Waals surface area contributed by atoms with Crippen molar-refractivity contribution >= 4 is 11.8 Å². The maximum Gasteiger partial charge on any atom is 0.129 e. The summed E-state index contributed by atoms with van der Waals surface area (Å²) >= 11 is 1.46. The molecule has 0 saturated carbocycles. The summed E-state index contributed by atoms with van der Waals surface area (Å²) in [6, 6.07) is 11.9. The minimum atomic E-state index is 0.0589. The van der Waals surface area contributed by atoms with Gasteiger partial charge in [0.15, 0.2) is 0 Å². The standard InChI is InChI=1S/C28H42O2S/c1-7-9-11-17-27(3,4)21-13-15-23(29)25(19-21)31-26-20-22(14-16-24(26)30)28(5,6)18-12-10-8-2/h13-16,19-20,29-30H,7-12,17-18H2,1-6H3. The second-order valence-electron chi connectivity index (χ2n) is 10.1. The van der Waals surface area contributed by atoms with Gasteiger partial charge in [-0.1, -0.05) is 104 Å². The molecule has 0 radical (unpaired) electrons. The fourth-order valence-corrected chi connectivity index (χ4v) is 5.03. The van der Waals surface area contributed by atoms with E-state index in [9.17, 15) is 10.2 Å². The lowest BCUT2D eigenvalue weighted by atomic mass is 9.80. The highest BCUT2D eigenvalue weighted by atomic mass is 32.2. The van der Waals surface area contributed by atoms with Gasteiger partial charge < -0.3 is 10.2 Å². The summed E-state index contributed by atoms with van der Waals surface area (Å²) in [7, 11) is 0. The molecular formula is C28H42O2S. The van der Waals surface area contributed by atoms with Crippen LogP contribution in [-0.4, -0.2) is 10.2 Å². The quantitative estimate of drug-likeness (QED) is 0.322. The van der Waals surface area contributed by atoms with Gasteiger partial charge in [0.2, 0.25) is 0 Å². The zero-order valence-corrected chi connectivity index (χ0v) is 21.2. The number of benzene rings is 2. The van der Waals surface area contributed by atoms with Crippen LogP contribution in [0.15, 0.2) is 46.2 Å². The van der Waals surface area contributed by atoms with Gasteiger partial charge in [0.05, 0.1) is 9.79 Å². The van der Waals surface area contributed by atoms with Gasteiger partial charge in [0.25, 0.3) is 0 Å². The Balaban J connectivity index is 2.27. The van der Waals surface area contributed by atoms with Crippen LogP contribution in [0.5, 0.6) is 11.5 Å². The first kappa shape index (κ1) is 25.6. The largest absolute Gasteiger partial charge is 0.507 e. The molecule has 31 heavy (non-hydrogen) atoms. The van der Waals surface area contributed by atoms with Crippen molar-refractivity contribution in [2.45, 2.75) is 114 Å². The third kappa shape index (κ3) is 7.20. The number of unbranched alkanes of at least 4 members (excludes halogenated alkanes) is 4. The van der Waals surface area contributed by atoms with Crippen LogP contribution in [0.25, 0.3) is 0 Å². The lowest BCUT2D eigenvalue weighted by molar-refractivity contribution is 0.440. The van der Waals surface area contributed by atoms with E-state index in [1.807, 2.05) is 12.1 Å². The molecule has 0 saturated heterocycles. The van der Waals surface area contributed by atoms with Crippen LogP contribution in [0.2, 0.25) is 0 Å². The molecule has 0 heterocycles. The molecule has 2 nitrogen and oxygen atoms in total. The van der Waals surface area contributed by atoms with Crippen molar-refractivity contribution in [2.24, 2.45) is 0 Å². The smallest absolute Gasteiger partial charge is 0.129 e. The fraction of sp³-hybridized carbons (Fsp3) is 0.571. The highest BCUT2D eigenvalue weighted by molar-refractivity contribution is 7.99. The van der Waals surface area contributed by atoms with E-state index in [-0.39, 0.29) is 22.3 Å². The SMILES string of the molecule is CCCCCC(C)(C)c1ccc(O)c(Sc2cc(C(C)(C)CCCCC)ccc2O)c1. The Labute approximate surface area is 194 Å². The molecule has 0 aliphatic heterocycles. The highest BCUT2D eigenvalue weighted by Gasteiger charge is 2.23. The summed E-state index contributed by atoms with van der Waals surface area (Å²) in [6.07, 6.45) is 9.61. The molecule has 0 aromatic heterocycles. The second-order valence-corrected chi connectivity index (χ2v) is 11.2. The van der Waals surface area contributed by atoms with Crippen LogP contribution in [0.4, 0.5) is 0 Å². The molecule has 3 heteroatoms. The number of aromatic hydroxyl groups is 2. The molecule has 172 valence electrons. The Morgan fingerprint density at radius 1 is 0.645 bits per heavy atom. The third-order valence-electron chi connectivity index (χ3n) is 6.51. The van der Waals surface area contributed by atoms with Gasteiger partial charge in [-0.05, 0) is 59.1 Å². The molecular weight excluding hydrogens is 400 g/mol. The summed E-state index contributed by atoms with van der Waals surface area (Å²) in [4.78, 5) is 1.61. The minimum absolute atomic E-state index is 0.0589. The van der Waals surface area contributed by atoms with Gasteiger partial charge in [0.1, 0.15) is 11.5 Å². The van der Waals surface area contributed by atoms with Gasteiger partial charge in [-0.25, -0.2) is 0 Å². The van der Waals surface area contributed by atoms with Crippen molar-refractivity contribution in [3.05, 3.63) is 47.5 Å². The van der Waals surface area contributed by atoms with Crippen LogP contribution < -0.4 is 0 Å². The van der Waals surface area contributed by atoms with E-state index in [2.05, 4.69) is 53.7 Å². The van der Waals surface area contributed by atoms with Crippen molar-refractivity contribution in [3.8, 4) is 11.5 Å². The van der Waals surface area contributed by atoms with Crippen molar-refractivity contribution in [1.82, 2.24) is 0 Å². The van der Waals surface area contributed by atoms with Crippen LogP contribution in [0, 0.1) is 0 Å². The lowest BCUT2D eigenvalue weighted by Crippen LogP contribution is -2.17. The Morgan fingerprint density at radius 3 is 1.39 bits per heavy atom. The first-order chi connectivity index (χ1) is 14.6. The molecule has 0 atom stereocenters. The molecule has 2 aromatic carbocycles. The zero-order chi connectivity index (χ0) is 23.1. The third-order valence-corrected chi connectivity index (χ3v) is 7.61. The first-order valence-corrected chi connectivity index (χ1v) is 12.8. The molecule has 0 amide bonds. The number of phenols is 2.